The first-order chi connectivity index (χ1) is 11.2. The molecule has 5 nitrogen and oxygen atoms in total. The van der Waals surface area contributed by atoms with Gasteiger partial charge in [0.15, 0.2) is 0 Å². The zero-order valence-corrected chi connectivity index (χ0v) is 12.7. The second kappa shape index (κ2) is 6.89. The number of amides is 1. The minimum Gasteiger partial charge on any atom is -0.455 e. The van der Waals surface area contributed by atoms with Crippen LogP contribution in [-0.4, -0.2) is 17.1 Å². The molecule has 0 bridgehead atoms. The van der Waals surface area contributed by atoms with Crippen molar-refractivity contribution in [2.75, 3.05) is 0 Å². The van der Waals surface area contributed by atoms with Gasteiger partial charge in [-0.05, 0) is 36.4 Å². The van der Waals surface area contributed by atoms with Gasteiger partial charge in [-0.1, -0.05) is 23.7 Å². The Kier molecular flexibility index (Phi) is 4.49. The van der Waals surface area contributed by atoms with Crippen molar-refractivity contribution in [1.29, 1.82) is 0 Å². The number of carbonyl (C=O) groups is 1. The van der Waals surface area contributed by atoms with Crippen LogP contribution in [0.4, 0.5) is 0 Å². The van der Waals surface area contributed by atoms with Gasteiger partial charge >= 0.3 is 0 Å². The number of hydrazone groups is 1. The van der Waals surface area contributed by atoms with Crippen molar-refractivity contribution >= 4 is 23.7 Å². The van der Waals surface area contributed by atoms with Gasteiger partial charge in [0.2, 0.25) is 0 Å². The maximum atomic E-state index is 11.8. The van der Waals surface area contributed by atoms with Crippen LogP contribution in [0.25, 0.3) is 11.3 Å². The number of furan rings is 1. The number of rotatable bonds is 4. The smallest absolute Gasteiger partial charge is 0.271 e. The van der Waals surface area contributed by atoms with Gasteiger partial charge in [-0.3, -0.25) is 9.78 Å². The zero-order chi connectivity index (χ0) is 16.1. The molecule has 2 heterocycles. The summed E-state index contributed by atoms with van der Waals surface area (Å²) in [6, 6.07) is 14.2. The van der Waals surface area contributed by atoms with E-state index in [0.29, 0.717) is 22.1 Å². The first-order valence-electron chi connectivity index (χ1n) is 6.82. The van der Waals surface area contributed by atoms with E-state index in [9.17, 15) is 4.79 Å². The van der Waals surface area contributed by atoms with Crippen molar-refractivity contribution in [1.82, 2.24) is 10.4 Å². The Morgan fingerprint density at radius 3 is 2.70 bits per heavy atom. The predicted octanol–water partition coefficient (Wildman–Crippen LogP) is 3.76. The van der Waals surface area contributed by atoms with Crippen molar-refractivity contribution in [3.05, 3.63) is 77.3 Å². The molecule has 6 heteroatoms. The summed E-state index contributed by atoms with van der Waals surface area (Å²) in [5.74, 6) is 0.828. The number of aromatic nitrogens is 1. The summed E-state index contributed by atoms with van der Waals surface area (Å²) in [4.78, 5) is 15.7. The Hall–Kier alpha value is -2.92. The molecule has 0 aliphatic heterocycles. The van der Waals surface area contributed by atoms with E-state index >= 15 is 0 Å². The fourth-order valence-corrected chi connectivity index (χ4v) is 2.18. The van der Waals surface area contributed by atoms with Crippen LogP contribution in [0.15, 0.2) is 70.4 Å². The van der Waals surface area contributed by atoms with E-state index in [0.717, 1.165) is 5.56 Å². The second-order valence-corrected chi connectivity index (χ2v) is 5.02. The van der Waals surface area contributed by atoms with Crippen LogP contribution >= 0.6 is 11.6 Å². The summed E-state index contributed by atoms with van der Waals surface area (Å²) in [5.41, 5.74) is 3.71. The largest absolute Gasteiger partial charge is 0.455 e. The SMILES string of the molecule is O=C(N/N=C/c1ccc(-c2ccccc2Cl)o1)c1ccncc1. The number of hydrogen-bond acceptors (Lipinski definition) is 4. The third kappa shape index (κ3) is 3.64. The average molecular weight is 326 g/mol. The molecule has 1 N–H and O–H groups in total. The van der Waals surface area contributed by atoms with E-state index < -0.39 is 0 Å². The molecule has 0 atom stereocenters. The van der Waals surface area contributed by atoms with Crippen molar-refractivity contribution in [2.24, 2.45) is 5.10 Å². The molecule has 0 radical (unpaired) electrons. The molecule has 3 rings (SSSR count). The summed E-state index contributed by atoms with van der Waals surface area (Å²) in [6.07, 6.45) is 4.52. The van der Waals surface area contributed by atoms with Crippen LogP contribution in [0.5, 0.6) is 0 Å². The van der Waals surface area contributed by atoms with E-state index in [1.807, 2.05) is 18.2 Å². The molecule has 0 unspecified atom stereocenters. The topological polar surface area (TPSA) is 67.5 Å². The molecule has 1 aromatic carbocycles. The van der Waals surface area contributed by atoms with Crippen molar-refractivity contribution in [2.45, 2.75) is 0 Å². The molecule has 23 heavy (non-hydrogen) atoms. The summed E-state index contributed by atoms with van der Waals surface area (Å²) >= 11 is 6.13. The molecule has 3 aromatic rings. The Labute approximate surface area is 137 Å². The monoisotopic (exact) mass is 325 g/mol. The zero-order valence-electron chi connectivity index (χ0n) is 11.9. The normalized spacial score (nSPS) is 10.8. The lowest BCUT2D eigenvalue weighted by molar-refractivity contribution is 0.0955. The number of halogens is 1. The number of nitrogens with zero attached hydrogens (tertiary/aromatic N) is 2. The predicted molar refractivity (Wildman–Crippen MR) is 88.5 cm³/mol. The molecule has 0 aliphatic carbocycles. The molecule has 0 saturated heterocycles. The molecule has 0 fully saturated rings. The number of carbonyl (C=O) groups excluding carboxylic acids is 1. The highest BCUT2D eigenvalue weighted by Gasteiger charge is 2.07. The molecular formula is C17H12ClN3O2. The van der Waals surface area contributed by atoms with Gasteiger partial charge in [0.05, 0.1) is 11.2 Å². The fourth-order valence-electron chi connectivity index (χ4n) is 1.95. The van der Waals surface area contributed by atoms with Crippen molar-refractivity contribution < 1.29 is 9.21 Å². The van der Waals surface area contributed by atoms with E-state index in [4.69, 9.17) is 16.0 Å². The Morgan fingerprint density at radius 2 is 1.91 bits per heavy atom. The molecule has 2 aromatic heterocycles. The summed E-state index contributed by atoms with van der Waals surface area (Å²) < 4.78 is 5.64. The minimum atomic E-state index is -0.318. The van der Waals surface area contributed by atoms with Gasteiger partial charge in [0.25, 0.3) is 5.91 Å². The van der Waals surface area contributed by atoms with Crippen LogP contribution in [-0.2, 0) is 0 Å². The van der Waals surface area contributed by atoms with Crippen LogP contribution in [0.3, 0.4) is 0 Å². The van der Waals surface area contributed by atoms with E-state index in [1.165, 1.54) is 6.21 Å². The Morgan fingerprint density at radius 1 is 1.13 bits per heavy atom. The molecule has 0 saturated carbocycles. The lowest BCUT2D eigenvalue weighted by atomic mass is 10.2. The highest BCUT2D eigenvalue weighted by Crippen LogP contribution is 2.28. The van der Waals surface area contributed by atoms with Gasteiger partial charge in [-0.25, -0.2) is 5.43 Å². The quantitative estimate of drug-likeness (QED) is 0.586. The number of hydrogen-bond donors (Lipinski definition) is 1. The van der Waals surface area contributed by atoms with Crippen molar-refractivity contribution in [3.63, 3.8) is 0 Å². The summed E-state index contributed by atoms with van der Waals surface area (Å²) in [5, 5.41) is 4.48. The lowest BCUT2D eigenvalue weighted by Gasteiger charge is -1.99. The lowest BCUT2D eigenvalue weighted by Crippen LogP contribution is -2.17. The maximum absolute atomic E-state index is 11.8. The fraction of sp³-hybridized carbons (Fsp3) is 0. The van der Waals surface area contributed by atoms with Gasteiger partial charge < -0.3 is 4.42 Å². The molecule has 0 spiro atoms. The number of benzene rings is 1. The van der Waals surface area contributed by atoms with Gasteiger partial charge in [-0.15, -0.1) is 0 Å². The first-order valence-corrected chi connectivity index (χ1v) is 7.20. The highest BCUT2D eigenvalue weighted by molar-refractivity contribution is 6.33. The number of pyridine rings is 1. The minimum absolute atomic E-state index is 0.318. The standard InChI is InChI=1S/C17H12ClN3O2/c18-15-4-2-1-3-14(15)16-6-5-13(23-16)11-20-21-17(22)12-7-9-19-10-8-12/h1-11H,(H,21,22)/b20-11+. The van der Waals surface area contributed by atoms with E-state index in [2.05, 4.69) is 15.5 Å². The molecule has 114 valence electrons. The van der Waals surface area contributed by atoms with Crippen LogP contribution in [0, 0.1) is 0 Å². The van der Waals surface area contributed by atoms with E-state index in [-0.39, 0.29) is 5.91 Å². The third-order valence-corrected chi connectivity index (χ3v) is 3.40. The second-order valence-electron chi connectivity index (χ2n) is 4.62. The molecule has 0 aliphatic rings. The van der Waals surface area contributed by atoms with Gasteiger partial charge in [-0.2, -0.15) is 5.10 Å². The van der Waals surface area contributed by atoms with Crippen molar-refractivity contribution in [3.8, 4) is 11.3 Å². The van der Waals surface area contributed by atoms with E-state index in [1.54, 1.807) is 42.7 Å². The third-order valence-electron chi connectivity index (χ3n) is 3.07. The number of nitrogens with one attached hydrogen (secondary N) is 1. The average Bonchev–Trinajstić information content (AvgIpc) is 3.04. The van der Waals surface area contributed by atoms with Crippen LogP contribution in [0.1, 0.15) is 16.1 Å². The maximum Gasteiger partial charge on any atom is 0.271 e. The van der Waals surface area contributed by atoms with Gasteiger partial charge in [0.1, 0.15) is 11.5 Å². The molecular weight excluding hydrogens is 314 g/mol. The summed E-state index contributed by atoms with van der Waals surface area (Å²) in [6.45, 7) is 0. The highest BCUT2D eigenvalue weighted by atomic mass is 35.5. The van der Waals surface area contributed by atoms with Gasteiger partial charge in [0, 0.05) is 23.5 Å². The summed E-state index contributed by atoms with van der Waals surface area (Å²) in [7, 11) is 0. The van der Waals surface area contributed by atoms with Crippen LogP contribution < -0.4 is 5.43 Å². The Balaban J connectivity index is 1.68. The Bertz CT molecular complexity index is 844. The first kappa shape index (κ1) is 15.0. The molecule has 1 amide bonds. The van der Waals surface area contributed by atoms with Crippen LogP contribution in [0.2, 0.25) is 5.02 Å².